The number of rotatable bonds is 6. The second-order valence-electron chi connectivity index (χ2n) is 4.78. The highest BCUT2D eigenvalue weighted by atomic mass is 16.6. The summed E-state index contributed by atoms with van der Waals surface area (Å²) in [4.78, 5) is 31.4. The highest BCUT2D eigenvalue weighted by molar-refractivity contribution is 5.78. The van der Waals surface area contributed by atoms with Crippen LogP contribution in [0.4, 0.5) is 11.4 Å². The number of aliphatic carboxylic acids is 1. The average molecular weight is 282 g/mol. The molecule has 1 aromatic carbocycles. The molecule has 20 heavy (non-hydrogen) atoms. The third-order valence-corrected chi connectivity index (χ3v) is 2.80. The number of non-ortho nitro benzene ring substituents is 1. The van der Waals surface area contributed by atoms with Gasteiger partial charge in [0.15, 0.2) is 0 Å². The van der Waals surface area contributed by atoms with Gasteiger partial charge in [0, 0.05) is 11.6 Å². The second kappa shape index (κ2) is 6.09. The smallest absolute Gasteiger partial charge is 0.311 e. The van der Waals surface area contributed by atoms with Crippen molar-refractivity contribution in [2.75, 3.05) is 0 Å². The van der Waals surface area contributed by atoms with Crippen LogP contribution in [0.2, 0.25) is 0 Å². The van der Waals surface area contributed by atoms with Crippen molar-refractivity contribution in [1.82, 2.24) is 0 Å². The van der Waals surface area contributed by atoms with E-state index in [4.69, 9.17) is 0 Å². The summed E-state index contributed by atoms with van der Waals surface area (Å²) >= 11 is 0. The Labute approximate surface area is 114 Å². The normalized spacial score (nSPS) is 12.2. The van der Waals surface area contributed by atoms with Crippen LogP contribution >= 0.6 is 0 Å². The lowest BCUT2D eigenvalue weighted by Gasteiger charge is -2.15. The highest BCUT2D eigenvalue weighted by Gasteiger charge is 2.30. The molecule has 0 spiro atoms. The van der Waals surface area contributed by atoms with E-state index in [1.54, 1.807) is 13.8 Å². The number of nitro benzene ring substituents is 2. The molecule has 0 aliphatic heterocycles. The molecule has 8 nitrogen and oxygen atoms in total. The first-order valence-electron chi connectivity index (χ1n) is 5.89. The van der Waals surface area contributed by atoms with Gasteiger partial charge >= 0.3 is 5.97 Å². The number of hydrogen-bond donors (Lipinski definition) is 1. The van der Waals surface area contributed by atoms with Crippen molar-refractivity contribution in [1.29, 1.82) is 0 Å². The Hall–Kier alpha value is -2.51. The number of carboxylic acids is 1. The van der Waals surface area contributed by atoms with E-state index in [0.29, 0.717) is 0 Å². The van der Waals surface area contributed by atoms with Crippen LogP contribution in [-0.2, 0) is 4.79 Å². The lowest BCUT2D eigenvalue weighted by molar-refractivity contribution is -0.394. The summed E-state index contributed by atoms with van der Waals surface area (Å²) in [6.45, 7) is 3.60. The molecular formula is C12H14N2O6. The van der Waals surface area contributed by atoms with E-state index in [-0.39, 0.29) is 17.9 Å². The topological polar surface area (TPSA) is 124 Å². The second-order valence-corrected chi connectivity index (χ2v) is 4.78. The highest BCUT2D eigenvalue weighted by Crippen LogP contribution is 2.34. The van der Waals surface area contributed by atoms with E-state index in [1.165, 1.54) is 0 Å². The zero-order valence-corrected chi connectivity index (χ0v) is 11.0. The van der Waals surface area contributed by atoms with Crippen LogP contribution in [0.3, 0.4) is 0 Å². The van der Waals surface area contributed by atoms with Crippen LogP contribution in [0, 0.1) is 26.1 Å². The summed E-state index contributed by atoms with van der Waals surface area (Å²) in [6.07, 6.45) is 0.216. The van der Waals surface area contributed by atoms with Crippen molar-refractivity contribution in [3.8, 4) is 0 Å². The fourth-order valence-corrected chi connectivity index (χ4v) is 1.93. The Balaban J connectivity index is 3.37. The third kappa shape index (κ3) is 3.50. The van der Waals surface area contributed by atoms with Gasteiger partial charge in [-0.05, 0) is 18.4 Å². The molecule has 0 bridgehead atoms. The number of nitro groups is 2. The lowest BCUT2D eigenvalue weighted by atomic mass is 9.89. The van der Waals surface area contributed by atoms with Crippen LogP contribution in [0.5, 0.6) is 0 Å². The average Bonchev–Trinajstić information content (AvgIpc) is 2.34. The molecule has 0 saturated carbocycles. The Morgan fingerprint density at radius 3 is 2.25 bits per heavy atom. The van der Waals surface area contributed by atoms with Crippen molar-refractivity contribution >= 4 is 17.3 Å². The number of carbonyl (C=O) groups is 1. The standard InChI is InChI=1S/C12H14N2O6/c1-7(2)5-10(12(15)16)9-4-3-8(13(17)18)6-11(9)14(19)20/h3-4,6-7,10H,5H2,1-2H3,(H,15,16). The molecule has 1 atom stereocenters. The van der Waals surface area contributed by atoms with E-state index >= 15 is 0 Å². The minimum atomic E-state index is -1.18. The van der Waals surface area contributed by atoms with Crippen LogP contribution in [0.15, 0.2) is 18.2 Å². The van der Waals surface area contributed by atoms with Gasteiger partial charge in [-0.15, -0.1) is 0 Å². The Kier molecular flexibility index (Phi) is 4.73. The number of hydrogen-bond acceptors (Lipinski definition) is 5. The molecule has 0 fully saturated rings. The summed E-state index contributed by atoms with van der Waals surface area (Å²) in [5, 5.41) is 30.8. The Morgan fingerprint density at radius 2 is 1.85 bits per heavy atom. The quantitative estimate of drug-likeness (QED) is 0.631. The van der Waals surface area contributed by atoms with Crippen molar-refractivity contribution in [3.05, 3.63) is 44.0 Å². The summed E-state index contributed by atoms with van der Waals surface area (Å²) in [5.41, 5.74) is -0.983. The van der Waals surface area contributed by atoms with Gasteiger partial charge in [0.25, 0.3) is 11.4 Å². The molecule has 0 amide bonds. The number of carboxylic acid groups (broad SMARTS) is 1. The molecule has 0 aromatic heterocycles. The zero-order valence-electron chi connectivity index (χ0n) is 11.0. The van der Waals surface area contributed by atoms with Crippen LogP contribution in [-0.4, -0.2) is 20.9 Å². The molecule has 1 rings (SSSR count). The lowest BCUT2D eigenvalue weighted by Crippen LogP contribution is -2.15. The van der Waals surface area contributed by atoms with Gasteiger partial charge in [0.2, 0.25) is 0 Å². The van der Waals surface area contributed by atoms with Crippen LogP contribution in [0.25, 0.3) is 0 Å². The van der Waals surface area contributed by atoms with Gasteiger partial charge in [-0.3, -0.25) is 25.0 Å². The molecule has 0 saturated heterocycles. The van der Waals surface area contributed by atoms with E-state index < -0.39 is 33.1 Å². The Morgan fingerprint density at radius 1 is 1.25 bits per heavy atom. The largest absolute Gasteiger partial charge is 0.481 e. The first-order chi connectivity index (χ1) is 9.23. The summed E-state index contributed by atoms with van der Waals surface area (Å²) < 4.78 is 0. The van der Waals surface area contributed by atoms with Crippen LogP contribution in [0.1, 0.15) is 31.7 Å². The molecule has 1 N–H and O–H groups in total. The van der Waals surface area contributed by atoms with Gasteiger partial charge < -0.3 is 5.11 Å². The number of nitrogens with zero attached hydrogens (tertiary/aromatic N) is 2. The summed E-state index contributed by atoms with van der Waals surface area (Å²) in [7, 11) is 0. The van der Waals surface area contributed by atoms with E-state index in [1.807, 2.05) is 0 Å². The predicted octanol–water partition coefficient (Wildman–Crippen LogP) is 2.72. The van der Waals surface area contributed by atoms with Crippen molar-refractivity contribution in [2.24, 2.45) is 5.92 Å². The molecule has 1 unspecified atom stereocenters. The molecule has 0 radical (unpaired) electrons. The van der Waals surface area contributed by atoms with E-state index in [2.05, 4.69) is 0 Å². The summed E-state index contributed by atoms with van der Waals surface area (Å²) in [6, 6.07) is 3.03. The SMILES string of the molecule is CC(C)CC(C(=O)O)c1ccc([N+](=O)[O-])cc1[N+](=O)[O-]. The fraction of sp³-hybridized carbons (Fsp3) is 0.417. The van der Waals surface area contributed by atoms with Gasteiger partial charge in [0.05, 0.1) is 21.8 Å². The molecule has 108 valence electrons. The van der Waals surface area contributed by atoms with E-state index in [0.717, 1.165) is 18.2 Å². The molecule has 8 heteroatoms. The van der Waals surface area contributed by atoms with Crippen molar-refractivity contribution in [2.45, 2.75) is 26.2 Å². The van der Waals surface area contributed by atoms with Crippen molar-refractivity contribution < 1.29 is 19.7 Å². The minimum Gasteiger partial charge on any atom is -0.481 e. The maximum absolute atomic E-state index is 11.3. The molecule has 0 aliphatic carbocycles. The molecule has 1 aromatic rings. The van der Waals surface area contributed by atoms with Crippen molar-refractivity contribution in [3.63, 3.8) is 0 Å². The third-order valence-electron chi connectivity index (χ3n) is 2.80. The van der Waals surface area contributed by atoms with Gasteiger partial charge in [0.1, 0.15) is 0 Å². The van der Waals surface area contributed by atoms with Gasteiger partial charge in [-0.1, -0.05) is 13.8 Å². The maximum atomic E-state index is 11.3. The zero-order chi connectivity index (χ0) is 15.4. The fourth-order valence-electron chi connectivity index (χ4n) is 1.93. The van der Waals surface area contributed by atoms with E-state index in [9.17, 15) is 30.1 Å². The molecular weight excluding hydrogens is 268 g/mol. The first-order valence-corrected chi connectivity index (χ1v) is 5.89. The predicted molar refractivity (Wildman–Crippen MR) is 69.6 cm³/mol. The summed E-state index contributed by atoms with van der Waals surface area (Å²) in [5.74, 6) is -2.22. The molecule has 0 aliphatic rings. The minimum absolute atomic E-state index is 0.0122. The first kappa shape index (κ1) is 15.5. The van der Waals surface area contributed by atoms with Gasteiger partial charge in [-0.2, -0.15) is 0 Å². The van der Waals surface area contributed by atoms with Gasteiger partial charge in [-0.25, -0.2) is 0 Å². The maximum Gasteiger partial charge on any atom is 0.311 e. The Bertz CT molecular complexity index is 555. The molecule has 0 heterocycles. The van der Waals surface area contributed by atoms with Crippen LogP contribution < -0.4 is 0 Å². The number of benzene rings is 1. The monoisotopic (exact) mass is 282 g/mol.